The first-order valence-electron chi connectivity index (χ1n) is 5.29. The smallest absolute Gasteiger partial charge is 0.151 e. The third-order valence-corrected chi connectivity index (χ3v) is 3.70. The summed E-state index contributed by atoms with van der Waals surface area (Å²) in [4.78, 5) is 1.10. The molecule has 1 heterocycles. The van der Waals surface area contributed by atoms with Crippen molar-refractivity contribution in [3.05, 3.63) is 45.1 Å². The van der Waals surface area contributed by atoms with Crippen LogP contribution >= 0.6 is 22.9 Å². The summed E-state index contributed by atoms with van der Waals surface area (Å²) in [6.07, 6.45) is 0.717. The highest BCUT2D eigenvalue weighted by Crippen LogP contribution is 2.24. The molecule has 0 aliphatic rings. The predicted octanol–water partition coefficient (Wildman–Crippen LogP) is 3.92. The third-order valence-electron chi connectivity index (χ3n) is 2.41. The monoisotopic (exact) mass is 288 g/mol. The molecular weight excluding hydrogens is 278 g/mol. The summed E-state index contributed by atoms with van der Waals surface area (Å²) in [6, 6.07) is 5.68. The zero-order valence-electron chi connectivity index (χ0n) is 9.34. The van der Waals surface area contributed by atoms with Gasteiger partial charge < -0.3 is 11.1 Å². The highest BCUT2D eigenvalue weighted by atomic mass is 35.5. The van der Waals surface area contributed by atoms with Crippen molar-refractivity contribution in [1.29, 1.82) is 0 Å². The zero-order valence-corrected chi connectivity index (χ0v) is 10.9. The molecule has 0 bridgehead atoms. The van der Waals surface area contributed by atoms with E-state index >= 15 is 0 Å². The van der Waals surface area contributed by atoms with Crippen molar-refractivity contribution in [2.45, 2.75) is 6.42 Å². The molecule has 0 saturated heterocycles. The fraction of sp³-hybridized carbons (Fsp3) is 0.167. The molecule has 0 aliphatic carbocycles. The molecule has 0 spiro atoms. The highest BCUT2D eigenvalue weighted by Gasteiger charge is 2.07. The molecule has 0 atom stereocenters. The molecule has 0 fully saturated rings. The molecule has 1 aromatic carbocycles. The maximum Gasteiger partial charge on any atom is 0.151 e. The van der Waals surface area contributed by atoms with Crippen LogP contribution in [0.3, 0.4) is 0 Å². The first-order chi connectivity index (χ1) is 8.56. The Kier molecular flexibility index (Phi) is 4.04. The second kappa shape index (κ2) is 5.54. The molecule has 6 heteroatoms. The van der Waals surface area contributed by atoms with Gasteiger partial charge in [0.15, 0.2) is 5.82 Å². The summed E-state index contributed by atoms with van der Waals surface area (Å²) in [5.74, 6) is -1.40. The third kappa shape index (κ3) is 3.11. The van der Waals surface area contributed by atoms with E-state index in [1.807, 2.05) is 12.1 Å². The molecule has 0 amide bonds. The lowest BCUT2D eigenvalue weighted by atomic mass is 10.2. The molecule has 0 aliphatic heterocycles. The van der Waals surface area contributed by atoms with Gasteiger partial charge >= 0.3 is 0 Å². The average molecular weight is 289 g/mol. The van der Waals surface area contributed by atoms with Crippen LogP contribution in [0.4, 0.5) is 20.2 Å². The average Bonchev–Trinajstić information content (AvgIpc) is 2.71. The van der Waals surface area contributed by atoms with Crippen LogP contribution in [0, 0.1) is 11.6 Å². The number of rotatable bonds is 4. The van der Waals surface area contributed by atoms with Crippen molar-refractivity contribution < 1.29 is 8.78 Å². The van der Waals surface area contributed by atoms with Crippen LogP contribution in [-0.4, -0.2) is 6.54 Å². The number of nitrogen functional groups attached to an aromatic ring is 1. The van der Waals surface area contributed by atoms with Gasteiger partial charge in [0, 0.05) is 17.5 Å². The largest absolute Gasteiger partial charge is 0.395 e. The quantitative estimate of drug-likeness (QED) is 0.837. The Morgan fingerprint density at radius 1 is 1.28 bits per heavy atom. The van der Waals surface area contributed by atoms with Gasteiger partial charge in [-0.15, -0.1) is 11.3 Å². The lowest BCUT2D eigenvalue weighted by molar-refractivity contribution is 0.587. The standard InChI is InChI=1S/C12H11ClF2N2S/c13-11-2-1-8(18-11)3-4-17-10-6-7(14)5-9(15)12(10)16/h1-2,5-6,17H,3-4,16H2. The Bertz CT molecular complexity index is 557. The van der Waals surface area contributed by atoms with Gasteiger partial charge in [-0.1, -0.05) is 11.6 Å². The van der Waals surface area contributed by atoms with Crippen molar-refractivity contribution in [2.75, 3.05) is 17.6 Å². The summed E-state index contributed by atoms with van der Waals surface area (Å²) in [7, 11) is 0. The van der Waals surface area contributed by atoms with Crippen molar-refractivity contribution in [2.24, 2.45) is 0 Å². The number of hydrogen-bond acceptors (Lipinski definition) is 3. The van der Waals surface area contributed by atoms with Gasteiger partial charge in [0.05, 0.1) is 15.7 Å². The summed E-state index contributed by atoms with van der Waals surface area (Å²) in [5, 5.41) is 2.91. The second-order valence-corrected chi connectivity index (χ2v) is 5.53. The van der Waals surface area contributed by atoms with E-state index in [4.69, 9.17) is 17.3 Å². The van der Waals surface area contributed by atoms with Crippen molar-refractivity contribution >= 4 is 34.3 Å². The number of nitrogens with two attached hydrogens (primary N) is 1. The molecule has 2 rings (SSSR count). The molecule has 0 unspecified atom stereocenters. The number of anilines is 2. The van der Waals surface area contributed by atoms with E-state index in [0.29, 0.717) is 6.54 Å². The minimum atomic E-state index is -0.753. The minimum Gasteiger partial charge on any atom is -0.395 e. The topological polar surface area (TPSA) is 38.0 Å². The first-order valence-corrected chi connectivity index (χ1v) is 6.48. The van der Waals surface area contributed by atoms with Crippen LogP contribution in [0.2, 0.25) is 4.34 Å². The SMILES string of the molecule is Nc1c(F)cc(F)cc1NCCc1ccc(Cl)s1. The van der Waals surface area contributed by atoms with Gasteiger partial charge in [-0.25, -0.2) is 8.78 Å². The molecule has 0 radical (unpaired) electrons. The predicted molar refractivity (Wildman–Crippen MR) is 72.3 cm³/mol. The Morgan fingerprint density at radius 3 is 2.72 bits per heavy atom. The van der Waals surface area contributed by atoms with E-state index in [9.17, 15) is 8.78 Å². The molecule has 1 aromatic heterocycles. The Hall–Kier alpha value is -1.33. The Labute approximate surface area is 112 Å². The lowest BCUT2D eigenvalue weighted by Crippen LogP contribution is -2.07. The van der Waals surface area contributed by atoms with Gasteiger partial charge in [0.1, 0.15) is 5.82 Å². The maximum atomic E-state index is 13.2. The van der Waals surface area contributed by atoms with Crippen LogP contribution in [0.1, 0.15) is 4.88 Å². The van der Waals surface area contributed by atoms with E-state index in [1.54, 1.807) is 0 Å². The molecule has 18 heavy (non-hydrogen) atoms. The van der Waals surface area contributed by atoms with Crippen LogP contribution < -0.4 is 11.1 Å². The van der Waals surface area contributed by atoms with Gasteiger partial charge in [0.2, 0.25) is 0 Å². The van der Waals surface area contributed by atoms with Crippen LogP contribution in [0.15, 0.2) is 24.3 Å². The van der Waals surface area contributed by atoms with Gasteiger partial charge in [-0.2, -0.15) is 0 Å². The van der Waals surface area contributed by atoms with Crippen LogP contribution in [0.5, 0.6) is 0 Å². The van der Waals surface area contributed by atoms with Gasteiger partial charge in [0.25, 0.3) is 0 Å². The number of thiophene rings is 1. The van der Waals surface area contributed by atoms with E-state index in [1.165, 1.54) is 17.4 Å². The first kappa shape index (κ1) is 13.1. The van der Waals surface area contributed by atoms with Crippen molar-refractivity contribution in [3.8, 4) is 0 Å². The zero-order chi connectivity index (χ0) is 13.1. The number of benzene rings is 1. The van der Waals surface area contributed by atoms with E-state index < -0.39 is 11.6 Å². The summed E-state index contributed by atoms with van der Waals surface area (Å²) in [5.41, 5.74) is 5.72. The Balaban J connectivity index is 1.98. The maximum absolute atomic E-state index is 13.2. The van der Waals surface area contributed by atoms with Crippen molar-refractivity contribution in [1.82, 2.24) is 0 Å². The summed E-state index contributed by atoms with van der Waals surface area (Å²) >= 11 is 7.28. The number of nitrogens with one attached hydrogen (secondary N) is 1. The highest BCUT2D eigenvalue weighted by molar-refractivity contribution is 7.16. The number of hydrogen-bond donors (Lipinski definition) is 2. The number of halogens is 3. The fourth-order valence-corrected chi connectivity index (χ4v) is 2.62. The molecular formula is C12H11ClF2N2S. The fourth-order valence-electron chi connectivity index (χ4n) is 1.54. The normalized spacial score (nSPS) is 10.6. The Morgan fingerprint density at radius 2 is 2.06 bits per heavy atom. The van der Waals surface area contributed by atoms with Gasteiger partial charge in [-0.05, 0) is 24.6 Å². The summed E-state index contributed by atoms with van der Waals surface area (Å²) < 4.78 is 26.9. The van der Waals surface area contributed by atoms with E-state index in [0.717, 1.165) is 21.7 Å². The van der Waals surface area contributed by atoms with Gasteiger partial charge in [-0.3, -0.25) is 0 Å². The molecule has 96 valence electrons. The van der Waals surface area contributed by atoms with E-state index in [2.05, 4.69) is 5.32 Å². The van der Waals surface area contributed by atoms with Crippen LogP contribution in [0.25, 0.3) is 0 Å². The lowest BCUT2D eigenvalue weighted by Gasteiger charge is -2.09. The molecule has 0 saturated carbocycles. The molecule has 3 N–H and O–H groups in total. The van der Waals surface area contributed by atoms with Crippen LogP contribution in [-0.2, 0) is 6.42 Å². The minimum absolute atomic E-state index is 0.0689. The molecule has 2 aromatic rings. The van der Waals surface area contributed by atoms with Crippen molar-refractivity contribution in [3.63, 3.8) is 0 Å². The summed E-state index contributed by atoms with van der Waals surface area (Å²) in [6.45, 7) is 0.532. The molecule has 2 nitrogen and oxygen atoms in total. The second-order valence-electron chi connectivity index (χ2n) is 3.73. The van der Waals surface area contributed by atoms with E-state index in [-0.39, 0.29) is 11.4 Å².